The van der Waals surface area contributed by atoms with Gasteiger partial charge in [-0.25, -0.2) is 9.82 Å². The zero-order valence-electron chi connectivity index (χ0n) is 11.2. The summed E-state index contributed by atoms with van der Waals surface area (Å²) >= 11 is 12.1. The van der Waals surface area contributed by atoms with Gasteiger partial charge in [-0.1, -0.05) is 35.3 Å². The van der Waals surface area contributed by atoms with E-state index in [-0.39, 0.29) is 5.82 Å². The first-order valence-corrected chi connectivity index (χ1v) is 6.87. The van der Waals surface area contributed by atoms with E-state index in [1.807, 2.05) is 19.9 Å². The molecule has 20 heavy (non-hydrogen) atoms. The van der Waals surface area contributed by atoms with Crippen LogP contribution in [0.2, 0.25) is 10.0 Å². The lowest BCUT2D eigenvalue weighted by Gasteiger charge is -2.21. The van der Waals surface area contributed by atoms with E-state index >= 15 is 0 Å². The fraction of sp³-hybridized carbons (Fsp3) is 0.200. The molecule has 106 valence electrons. The van der Waals surface area contributed by atoms with Crippen LogP contribution in [-0.4, -0.2) is 0 Å². The molecular formula is C15H15Cl2FN2. The molecule has 2 aromatic rings. The van der Waals surface area contributed by atoms with Gasteiger partial charge in [-0.2, -0.15) is 0 Å². The van der Waals surface area contributed by atoms with Crippen LogP contribution >= 0.6 is 23.2 Å². The zero-order chi connectivity index (χ0) is 14.9. The fourth-order valence-electron chi connectivity index (χ4n) is 2.36. The Bertz CT molecular complexity index is 621. The van der Waals surface area contributed by atoms with Crippen molar-refractivity contribution in [3.63, 3.8) is 0 Å². The average molecular weight is 313 g/mol. The van der Waals surface area contributed by atoms with Crippen LogP contribution in [0.4, 0.5) is 4.39 Å². The van der Waals surface area contributed by atoms with Crippen molar-refractivity contribution in [3.8, 4) is 0 Å². The first-order chi connectivity index (χ1) is 9.43. The molecule has 0 saturated heterocycles. The number of hydrogen-bond donors (Lipinski definition) is 2. The topological polar surface area (TPSA) is 38.0 Å². The van der Waals surface area contributed by atoms with Gasteiger partial charge < -0.3 is 0 Å². The molecule has 1 atom stereocenters. The number of hydrazine groups is 1. The van der Waals surface area contributed by atoms with E-state index in [1.54, 1.807) is 18.2 Å². The van der Waals surface area contributed by atoms with Gasteiger partial charge in [0.2, 0.25) is 0 Å². The van der Waals surface area contributed by atoms with Gasteiger partial charge in [-0.3, -0.25) is 5.84 Å². The molecule has 2 rings (SSSR count). The molecular weight excluding hydrogens is 298 g/mol. The third-order valence-corrected chi connectivity index (χ3v) is 3.77. The monoisotopic (exact) mass is 312 g/mol. The van der Waals surface area contributed by atoms with Crippen molar-refractivity contribution < 1.29 is 4.39 Å². The third kappa shape index (κ3) is 2.96. The van der Waals surface area contributed by atoms with E-state index in [0.29, 0.717) is 21.2 Å². The molecule has 0 heterocycles. The Labute approximate surface area is 127 Å². The Morgan fingerprint density at radius 3 is 2.40 bits per heavy atom. The van der Waals surface area contributed by atoms with Gasteiger partial charge in [-0.05, 0) is 48.7 Å². The molecule has 3 N–H and O–H groups in total. The van der Waals surface area contributed by atoms with E-state index < -0.39 is 6.04 Å². The van der Waals surface area contributed by atoms with Crippen LogP contribution in [0.15, 0.2) is 30.3 Å². The first kappa shape index (κ1) is 15.3. The van der Waals surface area contributed by atoms with Crippen LogP contribution in [0, 0.1) is 19.7 Å². The van der Waals surface area contributed by atoms with Crippen LogP contribution in [0.3, 0.4) is 0 Å². The van der Waals surface area contributed by atoms with Crippen LogP contribution < -0.4 is 11.3 Å². The summed E-state index contributed by atoms with van der Waals surface area (Å²) in [5, 5.41) is 0.968. The maximum absolute atomic E-state index is 14.3. The summed E-state index contributed by atoms with van der Waals surface area (Å²) in [5.41, 5.74) is 5.48. The molecule has 0 aliphatic rings. The SMILES string of the molecule is Cc1cc(C)c(C(NN)c2ccc(Cl)cc2Cl)c(F)c1. The summed E-state index contributed by atoms with van der Waals surface area (Å²) in [6, 6.07) is 7.93. The van der Waals surface area contributed by atoms with Gasteiger partial charge in [0.1, 0.15) is 5.82 Å². The fourth-order valence-corrected chi connectivity index (χ4v) is 2.87. The Morgan fingerprint density at radius 1 is 1.15 bits per heavy atom. The van der Waals surface area contributed by atoms with Crippen molar-refractivity contribution >= 4 is 23.2 Å². The predicted octanol–water partition coefficient (Wildman–Crippen LogP) is 4.30. The summed E-state index contributed by atoms with van der Waals surface area (Å²) in [7, 11) is 0. The van der Waals surface area contributed by atoms with E-state index in [0.717, 1.165) is 11.1 Å². The lowest BCUT2D eigenvalue weighted by atomic mass is 9.93. The van der Waals surface area contributed by atoms with Gasteiger partial charge in [0.05, 0.1) is 6.04 Å². The van der Waals surface area contributed by atoms with Crippen molar-refractivity contribution in [2.75, 3.05) is 0 Å². The van der Waals surface area contributed by atoms with Crippen LogP contribution in [0.5, 0.6) is 0 Å². The molecule has 0 saturated carbocycles. The smallest absolute Gasteiger partial charge is 0.128 e. The van der Waals surface area contributed by atoms with E-state index in [1.165, 1.54) is 6.07 Å². The van der Waals surface area contributed by atoms with Crippen molar-refractivity contribution in [3.05, 3.63) is 68.4 Å². The summed E-state index contributed by atoms with van der Waals surface area (Å²) in [5.74, 6) is 5.30. The standard InChI is InChI=1S/C15H15Cl2FN2/c1-8-5-9(2)14(13(18)6-8)15(20-19)11-4-3-10(16)7-12(11)17/h3-7,15,20H,19H2,1-2H3. The minimum Gasteiger partial charge on any atom is -0.271 e. The molecule has 0 spiro atoms. The molecule has 2 aromatic carbocycles. The van der Waals surface area contributed by atoms with Crippen LogP contribution in [0.1, 0.15) is 28.3 Å². The Kier molecular flexibility index (Phi) is 4.66. The number of hydrogen-bond acceptors (Lipinski definition) is 2. The quantitative estimate of drug-likeness (QED) is 0.655. The van der Waals surface area contributed by atoms with Gasteiger partial charge in [-0.15, -0.1) is 0 Å². The molecule has 0 aliphatic carbocycles. The average Bonchev–Trinajstić information content (AvgIpc) is 2.34. The number of rotatable bonds is 3. The summed E-state index contributed by atoms with van der Waals surface area (Å²) < 4.78 is 14.3. The van der Waals surface area contributed by atoms with Crippen LogP contribution in [0.25, 0.3) is 0 Å². The maximum Gasteiger partial charge on any atom is 0.128 e. The third-order valence-electron chi connectivity index (χ3n) is 3.21. The van der Waals surface area contributed by atoms with E-state index in [2.05, 4.69) is 5.43 Å². The lowest BCUT2D eigenvalue weighted by Crippen LogP contribution is -2.30. The second kappa shape index (κ2) is 6.10. The maximum atomic E-state index is 14.3. The van der Waals surface area contributed by atoms with Crippen LogP contribution in [-0.2, 0) is 0 Å². The Balaban J connectivity index is 2.58. The largest absolute Gasteiger partial charge is 0.271 e. The highest BCUT2D eigenvalue weighted by Gasteiger charge is 2.21. The Morgan fingerprint density at radius 2 is 1.85 bits per heavy atom. The minimum absolute atomic E-state index is 0.309. The number of benzene rings is 2. The number of aryl methyl sites for hydroxylation is 2. The molecule has 2 nitrogen and oxygen atoms in total. The van der Waals surface area contributed by atoms with Gasteiger partial charge in [0.25, 0.3) is 0 Å². The van der Waals surface area contributed by atoms with E-state index in [4.69, 9.17) is 29.0 Å². The summed E-state index contributed by atoms with van der Waals surface area (Å²) in [6.45, 7) is 3.69. The van der Waals surface area contributed by atoms with Crippen molar-refractivity contribution in [2.45, 2.75) is 19.9 Å². The summed E-state index contributed by atoms with van der Waals surface area (Å²) in [4.78, 5) is 0. The minimum atomic E-state index is -0.527. The van der Waals surface area contributed by atoms with Crippen molar-refractivity contribution in [1.82, 2.24) is 5.43 Å². The number of nitrogens with two attached hydrogens (primary N) is 1. The molecule has 0 aromatic heterocycles. The number of nitrogens with one attached hydrogen (secondary N) is 1. The van der Waals surface area contributed by atoms with Gasteiger partial charge in [0.15, 0.2) is 0 Å². The van der Waals surface area contributed by atoms with Crippen molar-refractivity contribution in [1.29, 1.82) is 0 Å². The number of halogens is 3. The second-order valence-corrected chi connectivity index (χ2v) is 5.59. The molecule has 0 aliphatic heterocycles. The molecule has 0 fully saturated rings. The van der Waals surface area contributed by atoms with E-state index in [9.17, 15) is 4.39 Å². The molecule has 0 radical (unpaired) electrons. The second-order valence-electron chi connectivity index (χ2n) is 4.74. The summed E-state index contributed by atoms with van der Waals surface area (Å²) in [6.07, 6.45) is 0. The molecule has 5 heteroatoms. The molecule has 0 amide bonds. The normalized spacial score (nSPS) is 12.5. The molecule has 1 unspecified atom stereocenters. The Hall–Kier alpha value is -1.13. The predicted molar refractivity (Wildman–Crippen MR) is 81.5 cm³/mol. The highest BCUT2D eigenvalue weighted by atomic mass is 35.5. The highest BCUT2D eigenvalue weighted by molar-refractivity contribution is 6.35. The zero-order valence-corrected chi connectivity index (χ0v) is 12.7. The van der Waals surface area contributed by atoms with Crippen molar-refractivity contribution in [2.24, 2.45) is 5.84 Å². The first-order valence-electron chi connectivity index (χ1n) is 6.11. The van der Waals surface area contributed by atoms with Gasteiger partial charge in [0, 0.05) is 15.6 Å². The van der Waals surface area contributed by atoms with Gasteiger partial charge >= 0.3 is 0 Å². The highest BCUT2D eigenvalue weighted by Crippen LogP contribution is 2.33. The lowest BCUT2D eigenvalue weighted by molar-refractivity contribution is 0.556. The molecule has 0 bridgehead atoms.